The van der Waals surface area contributed by atoms with Gasteiger partial charge in [-0.05, 0) is 85.8 Å². The molecule has 4 saturated carbocycles. The fourth-order valence-corrected chi connectivity index (χ4v) is 8.81. The molecule has 2 aromatic rings. The highest BCUT2D eigenvalue weighted by Crippen LogP contribution is 2.86. The Morgan fingerprint density at radius 3 is 2.56 bits per heavy atom. The predicted octanol–water partition coefficient (Wildman–Crippen LogP) is 5.82. The molecule has 6 rings (SSSR count). The zero-order chi connectivity index (χ0) is 27.4. The smallest absolute Gasteiger partial charge is 0.359 e. The van der Waals surface area contributed by atoms with Crippen molar-refractivity contribution in [3.63, 3.8) is 0 Å². The standard InChI is InChI=1S/C30H37F3N4O2/c1-34-25(38)6-4-2-3-5-20(26-35-17-24(37-26)19-7-9-21(10-8-19)30(31,32)33)16-36-27(39)28-13-18-11-22-12-23(15-28)29(22,28)14-18/h7-10,17-18,20,22-23H,2-6,11-16H2,1H3,(H,34,38)(H,35,37)(H,36,39). The van der Waals surface area contributed by atoms with Crippen LogP contribution in [-0.2, 0) is 15.8 Å². The van der Waals surface area contributed by atoms with Gasteiger partial charge in [0.1, 0.15) is 5.82 Å². The molecule has 6 nitrogen and oxygen atoms in total. The number of imidazole rings is 1. The minimum Gasteiger partial charge on any atom is -0.359 e. The monoisotopic (exact) mass is 542 g/mol. The lowest BCUT2D eigenvalue weighted by molar-refractivity contribution is -0.237. The molecule has 4 fully saturated rings. The van der Waals surface area contributed by atoms with Gasteiger partial charge in [0.05, 0.1) is 22.9 Å². The number of nitrogens with zero attached hydrogens (tertiary/aromatic N) is 1. The molecule has 1 aromatic heterocycles. The molecule has 210 valence electrons. The first-order chi connectivity index (χ1) is 18.7. The van der Waals surface area contributed by atoms with E-state index in [9.17, 15) is 22.8 Å². The molecule has 1 aromatic carbocycles. The SMILES string of the molecule is CNC(=O)CCCCCC(CNC(=O)C12CC3CC4CC(C1)C42C3)c1ncc(-c2ccc(C(F)(F)F)cc2)[nH]1. The molecule has 0 radical (unpaired) electrons. The molecule has 2 bridgehead atoms. The van der Waals surface area contributed by atoms with E-state index in [4.69, 9.17) is 0 Å². The molecule has 0 aliphatic heterocycles. The van der Waals surface area contributed by atoms with Crippen LogP contribution in [0.2, 0.25) is 0 Å². The van der Waals surface area contributed by atoms with Crippen LogP contribution in [0.1, 0.15) is 81.5 Å². The second-order valence-corrected chi connectivity index (χ2v) is 12.4. The Hall–Kier alpha value is -2.84. The molecular formula is C30H37F3N4O2. The van der Waals surface area contributed by atoms with Crippen LogP contribution >= 0.6 is 0 Å². The number of amides is 2. The van der Waals surface area contributed by atoms with Crippen LogP contribution in [0.5, 0.6) is 0 Å². The number of fused-ring (bicyclic) bond motifs is 1. The number of benzene rings is 1. The van der Waals surface area contributed by atoms with Crippen LogP contribution in [0.3, 0.4) is 0 Å². The van der Waals surface area contributed by atoms with Crippen molar-refractivity contribution in [3.8, 4) is 11.3 Å². The number of aromatic amines is 1. The molecule has 4 aliphatic rings. The lowest BCUT2D eigenvalue weighted by Gasteiger charge is -2.71. The summed E-state index contributed by atoms with van der Waals surface area (Å²) < 4.78 is 38.9. The summed E-state index contributed by atoms with van der Waals surface area (Å²) in [6.45, 7) is 0.478. The zero-order valence-electron chi connectivity index (χ0n) is 22.4. The number of carbonyl (C=O) groups is 2. The van der Waals surface area contributed by atoms with Gasteiger partial charge in [-0.1, -0.05) is 25.0 Å². The number of unbranched alkanes of at least 4 members (excludes halogenated alkanes) is 2. The van der Waals surface area contributed by atoms with E-state index >= 15 is 0 Å². The number of hydrogen-bond acceptors (Lipinski definition) is 3. The number of rotatable bonds is 11. The molecule has 9 heteroatoms. The van der Waals surface area contributed by atoms with Crippen molar-refractivity contribution in [1.29, 1.82) is 0 Å². The number of aromatic nitrogens is 2. The largest absolute Gasteiger partial charge is 0.416 e. The van der Waals surface area contributed by atoms with E-state index in [0.29, 0.717) is 30.1 Å². The van der Waals surface area contributed by atoms with Gasteiger partial charge in [-0.15, -0.1) is 0 Å². The van der Waals surface area contributed by atoms with E-state index in [2.05, 4.69) is 20.6 Å². The molecule has 0 saturated heterocycles. The summed E-state index contributed by atoms with van der Waals surface area (Å²) in [7, 11) is 1.64. The molecule has 6 atom stereocenters. The summed E-state index contributed by atoms with van der Waals surface area (Å²) in [6, 6.07) is 5.05. The average Bonchev–Trinajstić information content (AvgIpc) is 3.59. The number of H-pyrrole nitrogens is 1. The third-order valence-corrected chi connectivity index (χ3v) is 10.6. The van der Waals surface area contributed by atoms with Crippen LogP contribution in [0.25, 0.3) is 11.3 Å². The quantitative estimate of drug-likeness (QED) is 0.313. The zero-order valence-corrected chi connectivity index (χ0v) is 22.4. The Morgan fingerprint density at radius 1 is 1.08 bits per heavy atom. The van der Waals surface area contributed by atoms with Crippen LogP contribution in [0.4, 0.5) is 13.2 Å². The summed E-state index contributed by atoms with van der Waals surface area (Å²) in [6.07, 6.45) is 7.05. The highest BCUT2D eigenvalue weighted by molar-refractivity contribution is 5.86. The fraction of sp³-hybridized carbons (Fsp3) is 0.633. The first kappa shape index (κ1) is 26.4. The van der Waals surface area contributed by atoms with Crippen molar-refractivity contribution in [2.45, 2.75) is 76.3 Å². The van der Waals surface area contributed by atoms with Crippen LogP contribution in [0.15, 0.2) is 30.5 Å². The Kier molecular flexibility index (Phi) is 6.54. The molecular weight excluding hydrogens is 505 g/mol. The van der Waals surface area contributed by atoms with Crippen molar-refractivity contribution in [3.05, 3.63) is 41.9 Å². The Balaban J connectivity index is 1.13. The molecule has 1 spiro atoms. The van der Waals surface area contributed by atoms with Crippen molar-refractivity contribution < 1.29 is 22.8 Å². The van der Waals surface area contributed by atoms with Crippen LogP contribution in [-0.4, -0.2) is 35.4 Å². The number of halogens is 3. The van der Waals surface area contributed by atoms with E-state index in [1.807, 2.05) is 0 Å². The van der Waals surface area contributed by atoms with E-state index in [1.165, 1.54) is 31.4 Å². The maximum absolute atomic E-state index is 13.7. The topological polar surface area (TPSA) is 86.9 Å². The Morgan fingerprint density at radius 2 is 1.87 bits per heavy atom. The summed E-state index contributed by atoms with van der Waals surface area (Å²) >= 11 is 0. The molecule has 1 heterocycles. The third-order valence-electron chi connectivity index (χ3n) is 10.6. The first-order valence-electron chi connectivity index (χ1n) is 14.4. The minimum absolute atomic E-state index is 0.0311. The molecule has 2 amide bonds. The average molecular weight is 543 g/mol. The normalized spacial score (nSPS) is 30.7. The predicted molar refractivity (Wildman–Crippen MR) is 140 cm³/mol. The molecule has 6 unspecified atom stereocenters. The van der Waals surface area contributed by atoms with Gasteiger partial charge in [-0.3, -0.25) is 9.59 Å². The summed E-state index contributed by atoms with van der Waals surface area (Å²) in [5, 5.41) is 5.97. The third kappa shape index (κ3) is 4.27. The number of hydrogen-bond donors (Lipinski definition) is 3. The van der Waals surface area contributed by atoms with Crippen molar-refractivity contribution in [2.75, 3.05) is 13.6 Å². The lowest BCUT2D eigenvalue weighted by Crippen LogP contribution is -2.71. The van der Waals surface area contributed by atoms with Crippen molar-refractivity contribution in [2.24, 2.45) is 28.6 Å². The van der Waals surface area contributed by atoms with E-state index in [1.54, 1.807) is 13.2 Å². The van der Waals surface area contributed by atoms with Gasteiger partial charge in [0.2, 0.25) is 11.8 Å². The maximum Gasteiger partial charge on any atom is 0.416 e. The van der Waals surface area contributed by atoms with E-state index < -0.39 is 11.7 Å². The molecule has 4 aliphatic carbocycles. The minimum atomic E-state index is -4.38. The van der Waals surface area contributed by atoms with E-state index in [0.717, 1.165) is 68.3 Å². The first-order valence-corrected chi connectivity index (χ1v) is 14.4. The number of carbonyl (C=O) groups excluding carboxylic acids is 2. The van der Waals surface area contributed by atoms with Gasteiger partial charge in [0.15, 0.2) is 0 Å². The maximum atomic E-state index is 13.7. The number of nitrogens with one attached hydrogen (secondary N) is 3. The second-order valence-electron chi connectivity index (χ2n) is 12.4. The van der Waals surface area contributed by atoms with E-state index in [-0.39, 0.29) is 28.6 Å². The number of alkyl halides is 3. The van der Waals surface area contributed by atoms with Gasteiger partial charge in [-0.2, -0.15) is 13.2 Å². The Labute approximate surface area is 226 Å². The Bertz CT molecular complexity index is 1240. The van der Waals surface area contributed by atoms with Crippen molar-refractivity contribution in [1.82, 2.24) is 20.6 Å². The highest BCUT2D eigenvalue weighted by Gasteiger charge is 2.82. The van der Waals surface area contributed by atoms with Gasteiger partial charge < -0.3 is 15.6 Å². The van der Waals surface area contributed by atoms with Gasteiger partial charge in [-0.25, -0.2) is 4.98 Å². The van der Waals surface area contributed by atoms with Gasteiger partial charge in [0.25, 0.3) is 0 Å². The summed E-state index contributed by atoms with van der Waals surface area (Å²) in [5.41, 5.74) is 0.703. The molecule has 3 N–H and O–H groups in total. The summed E-state index contributed by atoms with van der Waals surface area (Å²) in [5.74, 6) is 3.13. The van der Waals surface area contributed by atoms with Crippen molar-refractivity contribution >= 4 is 11.8 Å². The molecule has 39 heavy (non-hydrogen) atoms. The highest BCUT2D eigenvalue weighted by atomic mass is 19.4. The van der Waals surface area contributed by atoms with Crippen LogP contribution < -0.4 is 10.6 Å². The second kappa shape index (κ2) is 9.66. The van der Waals surface area contributed by atoms with Gasteiger partial charge >= 0.3 is 6.18 Å². The lowest BCUT2D eigenvalue weighted by atomic mass is 9.32. The van der Waals surface area contributed by atoms with Crippen LogP contribution in [0, 0.1) is 28.6 Å². The summed E-state index contributed by atoms with van der Waals surface area (Å²) in [4.78, 5) is 33.1. The fourth-order valence-electron chi connectivity index (χ4n) is 8.81. The van der Waals surface area contributed by atoms with Gasteiger partial charge in [0, 0.05) is 25.9 Å².